The molecule has 2 N–H and O–H groups in total. The molecular formula is C9H20N2O. The van der Waals surface area contributed by atoms with E-state index in [0.717, 1.165) is 39.3 Å². The first kappa shape index (κ1) is 9.96. The van der Waals surface area contributed by atoms with Crippen molar-refractivity contribution in [1.82, 2.24) is 4.90 Å². The Morgan fingerprint density at radius 1 is 1.33 bits per heavy atom. The Labute approximate surface area is 74.9 Å². The SMILES string of the molecule is CC(C)(CCN)N1CCOCC1. The molecule has 3 heteroatoms. The topological polar surface area (TPSA) is 38.5 Å². The molecule has 0 saturated carbocycles. The maximum absolute atomic E-state index is 5.56. The van der Waals surface area contributed by atoms with Gasteiger partial charge in [0.15, 0.2) is 0 Å². The molecule has 1 heterocycles. The number of hydrogen-bond acceptors (Lipinski definition) is 3. The van der Waals surface area contributed by atoms with Gasteiger partial charge >= 0.3 is 0 Å². The van der Waals surface area contributed by atoms with E-state index in [1.807, 2.05) is 0 Å². The highest BCUT2D eigenvalue weighted by molar-refractivity contribution is 4.82. The summed E-state index contributed by atoms with van der Waals surface area (Å²) in [7, 11) is 0. The molecule has 0 unspecified atom stereocenters. The van der Waals surface area contributed by atoms with Gasteiger partial charge in [0.25, 0.3) is 0 Å². The molecule has 0 aliphatic carbocycles. The third-order valence-corrected chi connectivity index (χ3v) is 2.62. The normalized spacial score (nSPS) is 21.2. The quantitative estimate of drug-likeness (QED) is 0.671. The third-order valence-electron chi connectivity index (χ3n) is 2.62. The molecule has 1 saturated heterocycles. The summed E-state index contributed by atoms with van der Waals surface area (Å²) in [6.07, 6.45) is 1.06. The largest absolute Gasteiger partial charge is 0.379 e. The van der Waals surface area contributed by atoms with Crippen LogP contribution in [0.25, 0.3) is 0 Å². The van der Waals surface area contributed by atoms with E-state index < -0.39 is 0 Å². The minimum atomic E-state index is 0.249. The van der Waals surface area contributed by atoms with Gasteiger partial charge in [0.1, 0.15) is 0 Å². The predicted molar refractivity (Wildman–Crippen MR) is 50.1 cm³/mol. The molecule has 0 amide bonds. The third kappa shape index (κ3) is 2.44. The fourth-order valence-corrected chi connectivity index (χ4v) is 1.68. The van der Waals surface area contributed by atoms with Gasteiger partial charge in [0.2, 0.25) is 0 Å². The van der Waals surface area contributed by atoms with Crippen LogP contribution in [0.3, 0.4) is 0 Å². The van der Waals surface area contributed by atoms with E-state index >= 15 is 0 Å². The average molecular weight is 172 g/mol. The van der Waals surface area contributed by atoms with Gasteiger partial charge in [-0.1, -0.05) is 0 Å². The second-order valence-electron chi connectivity index (χ2n) is 3.95. The lowest BCUT2D eigenvalue weighted by molar-refractivity contribution is -0.0119. The molecule has 12 heavy (non-hydrogen) atoms. The Bertz CT molecular complexity index is 130. The van der Waals surface area contributed by atoms with Gasteiger partial charge in [0.05, 0.1) is 13.2 Å². The molecular weight excluding hydrogens is 152 g/mol. The van der Waals surface area contributed by atoms with E-state index in [1.54, 1.807) is 0 Å². The predicted octanol–water partition coefficient (Wildman–Crippen LogP) is 0.446. The summed E-state index contributed by atoms with van der Waals surface area (Å²) >= 11 is 0. The molecule has 0 aromatic rings. The molecule has 0 radical (unpaired) electrons. The summed E-state index contributed by atoms with van der Waals surface area (Å²) in [5.41, 5.74) is 5.81. The highest BCUT2D eigenvalue weighted by atomic mass is 16.5. The lowest BCUT2D eigenvalue weighted by atomic mass is 9.98. The molecule has 0 aromatic carbocycles. The zero-order valence-corrected chi connectivity index (χ0v) is 8.18. The molecule has 1 rings (SSSR count). The summed E-state index contributed by atoms with van der Waals surface area (Å²) in [6, 6.07) is 0. The standard InChI is InChI=1S/C9H20N2O/c1-9(2,3-4-10)11-5-7-12-8-6-11/h3-8,10H2,1-2H3. The van der Waals surface area contributed by atoms with Crippen molar-refractivity contribution in [3.8, 4) is 0 Å². The maximum atomic E-state index is 5.56. The van der Waals surface area contributed by atoms with Crippen molar-refractivity contribution in [2.24, 2.45) is 5.73 Å². The van der Waals surface area contributed by atoms with Gasteiger partial charge in [0, 0.05) is 18.6 Å². The second-order valence-corrected chi connectivity index (χ2v) is 3.95. The summed E-state index contributed by atoms with van der Waals surface area (Å²) < 4.78 is 5.30. The van der Waals surface area contributed by atoms with Crippen LogP contribution in [0.1, 0.15) is 20.3 Å². The van der Waals surface area contributed by atoms with Gasteiger partial charge < -0.3 is 10.5 Å². The van der Waals surface area contributed by atoms with Crippen LogP contribution in [-0.4, -0.2) is 43.3 Å². The lowest BCUT2D eigenvalue weighted by Crippen LogP contribution is -2.50. The molecule has 1 aliphatic rings. The molecule has 1 fully saturated rings. The molecule has 0 spiro atoms. The molecule has 1 aliphatic heterocycles. The molecule has 3 nitrogen and oxygen atoms in total. The molecule has 0 aromatic heterocycles. The van der Waals surface area contributed by atoms with Crippen molar-refractivity contribution in [2.75, 3.05) is 32.8 Å². The minimum absolute atomic E-state index is 0.249. The summed E-state index contributed by atoms with van der Waals surface area (Å²) in [4.78, 5) is 2.46. The van der Waals surface area contributed by atoms with Crippen LogP contribution in [0.15, 0.2) is 0 Å². The first-order valence-electron chi connectivity index (χ1n) is 4.70. The zero-order valence-electron chi connectivity index (χ0n) is 8.18. The second kappa shape index (κ2) is 4.21. The Morgan fingerprint density at radius 2 is 1.92 bits per heavy atom. The summed E-state index contributed by atoms with van der Waals surface area (Å²) in [5, 5.41) is 0. The molecule has 72 valence electrons. The van der Waals surface area contributed by atoms with E-state index in [-0.39, 0.29) is 5.54 Å². The van der Waals surface area contributed by atoms with Crippen molar-refractivity contribution < 1.29 is 4.74 Å². The Balaban J connectivity index is 2.41. The maximum Gasteiger partial charge on any atom is 0.0594 e. The number of rotatable bonds is 3. The Kier molecular flexibility index (Phi) is 3.50. The van der Waals surface area contributed by atoms with Crippen LogP contribution in [0, 0.1) is 0 Å². The van der Waals surface area contributed by atoms with Gasteiger partial charge in [-0.2, -0.15) is 0 Å². The Morgan fingerprint density at radius 3 is 2.42 bits per heavy atom. The highest BCUT2D eigenvalue weighted by Gasteiger charge is 2.26. The van der Waals surface area contributed by atoms with Crippen LogP contribution >= 0.6 is 0 Å². The van der Waals surface area contributed by atoms with E-state index in [9.17, 15) is 0 Å². The van der Waals surface area contributed by atoms with Crippen molar-refractivity contribution in [2.45, 2.75) is 25.8 Å². The average Bonchev–Trinajstić information content (AvgIpc) is 2.06. The molecule has 0 bridgehead atoms. The van der Waals surface area contributed by atoms with Gasteiger partial charge in [-0.25, -0.2) is 0 Å². The van der Waals surface area contributed by atoms with Crippen molar-refractivity contribution in [3.05, 3.63) is 0 Å². The summed E-state index contributed by atoms with van der Waals surface area (Å²) in [6.45, 7) is 9.11. The first-order chi connectivity index (χ1) is 5.67. The Hall–Kier alpha value is -0.120. The summed E-state index contributed by atoms with van der Waals surface area (Å²) in [5.74, 6) is 0. The first-order valence-corrected chi connectivity index (χ1v) is 4.70. The van der Waals surface area contributed by atoms with Crippen molar-refractivity contribution >= 4 is 0 Å². The van der Waals surface area contributed by atoms with E-state index in [1.165, 1.54) is 0 Å². The number of nitrogens with two attached hydrogens (primary N) is 1. The van der Waals surface area contributed by atoms with Gasteiger partial charge in [-0.15, -0.1) is 0 Å². The fourth-order valence-electron chi connectivity index (χ4n) is 1.68. The van der Waals surface area contributed by atoms with Crippen molar-refractivity contribution in [3.63, 3.8) is 0 Å². The van der Waals surface area contributed by atoms with Crippen LogP contribution < -0.4 is 5.73 Å². The highest BCUT2D eigenvalue weighted by Crippen LogP contribution is 2.18. The van der Waals surface area contributed by atoms with E-state index in [4.69, 9.17) is 10.5 Å². The van der Waals surface area contributed by atoms with Crippen molar-refractivity contribution in [1.29, 1.82) is 0 Å². The monoisotopic (exact) mass is 172 g/mol. The number of nitrogens with zero attached hydrogens (tertiary/aromatic N) is 1. The zero-order chi connectivity index (χ0) is 9.03. The van der Waals surface area contributed by atoms with E-state index in [2.05, 4.69) is 18.7 Å². The number of hydrogen-bond donors (Lipinski definition) is 1. The number of ether oxygens (including phenoxy) is 1. The van der Waals surface area contributed by atoms with Gasteiger partial charge in [-0.3, -0.25) is 4.90 Å². The van der Waals surface area contributed by atoms with Crippen LogP contribution in [0.2, 0.25) is 0 Å². The van der Waals surface area contributed by atoms with Crippen LogP contribution in [-0.2, 0) is 4.74 Å². The fraction of sp³-hybridized carbons (Fsp3) is 1.00. The molecule has 0 atom stereocenters. The lowest BCUT2D eigenvalue weighted by Gasteiger charge is -2.40. The van der Waals surface area contributed by atoms with Gasteiger partial charge in [-0.05, 0) is 26.8 Å². The minimum Gasteiger partial charge on any atom is -0.379 e. The smallest absolute Gasteiger partial charge is 0.0594 e. The van der Waals surface area contributed by atoms with Crippen LogP contribution in [0.4, 0.5) is 0 Å². The van der Waals surface area contributed by atoms with Crippen LogP contribution in [0.5, 0.6) is 0 Å². The number of morpholine rings is 1. The van der Waals surface area contributed by atoms with E-state index in [0.29, 0.717) is 0 Å².